The summed E-state index contributed by atoms with van der Waals surface area (Å²) in [4.78, 5) is 26.9. The van der Waals surface area contributed by atoms with Crippen LogP contribution >= 0.6 is 0 Å². The van der Waals surface area contributed by atoms with Crippen LogP contribution in [-0.2, 0) is 9.59 Å². The molecule has 0 aliphatic carbocycles. The summed E-state index contributed by atoms with van der Waals surface area (Å²) in [5, 5.41) is 2.93. The van der Waals surface area contributed by atoms with E-state index in [2.05, 4.69) is 5.32 Å². The first kappa shape index (κ1) is 16.5. The van der Waals surface area contributed by atoms with E-state index in [9.17, 15) is 9.59 Å². The zero-order valence-electron chi connectivity index (χ0n) is 13.5. The number of hydrogen-bond donors (Lipinski definition) is 1. The van der Waals surface area contributed by atoms with Crippen molar-refractivity contribution in [2.45, 2.75) is 45.6 Å². The molecule has 1 aliphatic rings. The molecular formula is C18H26N2O2. The van der Waals surface area contributed by atoms with Crippen molar-refractivity contribution >= 4 is 11.8 Å². The molecule has 1 fully saturated rings. The van der Waals surface area contributed by atoms with Gasteiger partial charge in [-0.25, -0.2) is 0 Å². The van der Waals surface area contributed by atoms with Crippen LogP contribution in [0.1, 0.15) is 51.1 Å². The minimum atomic E-state index is -0.564. The summed E-state index contributed by atoms with van der Waals surface area (Å²) in [5.41, 5.74) is 0.857. The summed E-state index contributed by atoms with van der Waals surface area (Å²) >= 11 is 0. The van der Waals surface area contributed by atoms with Gasteiger partial charge in [0, 0.05) is 19.5 Å². The Hall–Kier alpha value is -1.84. The highest BCUT2D eigenvalue weighted by Crippen LogP contribution is 2.19. The lowest BCUT2D eigenvalue weighted by Crippen LogP contribution is -2.45. The van der Waals surface area contributed by atoms with E-state index in [0.717, 1.165) is 31.5 Å². The van der Waals surface area contributed by atoms with Gasteiger partial charge in [-0.15, -0.1) is 0 Å². The first-order valence-electron chi connectivity index (χ1n) is 8.21. The molecule has 1 saturated heterocycles. The van der Waals surface area contributed by atoms with Crippen LogP contribution in [0, 0.1) is 5.92 Å². The maximum Gasteiger partial charge on any atom is 0.249 e. The standard InChI is InChI=1S/C18H26N2O2/c1-14(2)13-16(21)19-17(15-9-5-3-6-10-15)18(22)20-11-7-4-8-12-20/h3,5-6,9-10,14,17H,4,7-8,11-13H2,1-2H3,(H,19,21)/t17-/m1/s1. The zero-order valence-corrected chi connectivity index (χ0v) is 13.5. The predicted molar refractivity (Wildman–Crippen MR) is 87.2 cm³/mol. The highest BCUT2D eigenvalue weighted by Gasteiger charge is 2.28. The molecule has 1 aromatic rings. The average Bonchev–Trinajstić information content (AvgIpc) is 2.53. The number of carbonyl (C=O) groups is 2. The summed E-state index contributed by atoms with van der Waals surface area (Å²) in [5.74, 6) is 0.235. The first-order valence-corrected chi connectivity index (χ1v) is 8.21. The molecule has 0 saturated carbocycles. The molecule has 0 bridgehead atoms. The van der Waals surface area contributed by atoms with Crippen LogP contribution in [0.5, 0.6) is 0 Å². The van der Waals surface area contributed by atoms with E-state index in [1.165, 1.54) is 6.42 Å². The van der Waals surface area contributed by atoms with Crippen molar-refractivity contribution in [1.82, 2.24) is 10.2 Å². The Bertz CT molecular complexity index is 493. The van der Waals surface area contributed by atoms with Crippen LogP contribution in [0.15, 0.2) is 30.3 Å². The Morgan fingerprint density at radius 2 is 1.73 bits per heavy atom. The summed E-state index contributed by atoms with van der Waals surface area (Å²) in [6.07, 6.45) is 3.72. The Morgan fingerprint density at radius 1 is 1.09 bits per heavy atom. The Labute approximate surface area is 132 Å². The van der Waals surface area contributed by atoms with E-state index >= 15 is 0 Å². The maximum absolute atomic E-state index is 12.8. The zero-order chi connectivity index (χ0) is 15.9. The van der Waals surface area contributed by atoms with Gasteiger partial charge in [0.15, 0.2) is 0 Å². The Kier molecular flexibility index (Phi) is 5.99. The largest absolute Gasteiger partial charge is 0.341 e. The van der Waals surface area contributed by atoms with Crippen LogP contribution in [0.4, 0.5) is 0 Å². The molecule has 1 heterocycles. The quantitative estimate of drug-likeness (QED) is 0.909. The van der Waals surface area contributed by atoms with Gasteiger partial charge in [-0.05, 0) is 30.7 Å². The van der Waals surface area contributed by atoms with Crippen LogP contribution < -0.4 is 5.32 Å². The Morgan fingerprint density at radius 3 is 2.32 bits per heavy atom. The van der Waals surface area contributed by atoms with E-state index in [-0.39, 0.29) is 17.7 Å². The van der Waals surface area contributed by atoms with Crippen molar-refractivity contribution in [3.63, 3.8) is 0 Å². The van der Waals surface area contributed by atoms with Gasteiger partial charge in [0.05, 0.1) is 0 Å². The number of amides is 2. The molecule has 22 heavy (non-hydrogen) atoms. The SMILES string of the molecule is CC(C)CC(=O)N[C@@H](C(=O)N1CCCCC1)c1ccccc1. The van der Waals surface area contributed by atoms with Gasteiger partial charge in [0.1, 0.15) is 6.04 Å². The molecule has 120 valence electrons. The monoisotopic (exact) mass is 302 g/mol. The number of carbonyl (C=O) groups excluding carboxylic acids is 2. The second-order valence-electron chi connectivity index (χ2n) is 6.40. The summed E-state index contributed by atoms with van der Waals surface area (Å²) in [6.45, 7) is 5.59. The molecule has 1 aromatic carbocycles. The second kappa shape index (κ2) is 7.97. The molecule has 0 spiro atoms. The number of hydrogen-bond acceptors (Lipinski definition) is 2. The number of benzene rings is 1. The van der Waals surface area contributed by atoms with Crippen LogP contribution in [0.2, 0.25) is 0 Å². The van der Waals surface area contributed by atoms with Crippen LogP contribution in [-0.4, -0.2) is 29.8 Å². The van der Waals surface area contributed by atoms with Crippen molar-refractivity contribution < 1.29 is 9.59 Å². The van der Waals surface area contributed by atoms with Gasteiger partial charge in [0.2, 0.25) is 11.8 Å². The summed E-state index contributed by atoms with van der Waals surface area (Å²) < 4.78 is 0. The molecule has 4 heteroatoms. The molecule has 2 amide bonds. The normalized spacial score (nSPS) is 16.4. The molecule has 0 radical (unpaired) electrons. The Balaban J connectivity index is 2.14. The van der Waals surface area contributed by atoms with Gasteiger partial charge in [0.25, 0.3) is 0 Å². The fourth-order valence-corrected chi connectivity index (χ4v) is 2.82. The number of nitrogens with zero attached hydrogens (tertiary/aromatic N) is 1. The smallest absolute Gasteiger partial charge is 0.249 e. The highest BCUT2D eigenvalue weighted by molar-refractivity contribution is 5.88. The first-order chi connectivity index (χ1) is 10.6. The fraction of sp³-hybridized carbons (Fsp3) is 0.556. The van der Waals surface area contributed by atoms with Crippen LogP contribution in [0.25, 0.3) is 0 Å². The lowest BCUT2D eigenvalue weighted by molar-refractivity contribution is -0.137. The lowest BCUT2D eigenvalue weighted by atomic mass is 10.0. The van der Waals surface area contributed by atoms with Crippen molar-refractivity contribution in [2.24, 2.45) is 5.92 Å². The molecule has 4 nitrogen and oxygen atoms in total. The van der Waals surface area contributed by atoms with E-state index in [1.54, 1.807) is 0 Å². The lowest BCUT2D eigenvalue weighted by Gasteiger charge is -2.31. The van der Waals surface area contributed by atoms with Crippen molar-refractivity contribution in [2.75, 3.05) is 13.1 Å². The third kappa shape index (κ3) is 4.58. The summed E-state index contributed by atoms with van der Waals surface area (Å²) in [6, 6.07) is 8.97. The average molecular weight is 302 g/mol. The van der Waals surface area contributed by atoms with Crippen molar-refractivity contribution in [1.29, 1.82) is 0 Å². The topological polar surface area (TPSA) is 49.4 Å². The van der Waals surface area contributed by atoms with Crippen LogP contribution in [0.3, 0.4) is 0 Å². The minimum Gasteiger partial charge on any atom is -0.341 e. The molecule has 2 rings (SSSR count). The number of nitrogens with one attached hydrogen (secondary N) is 1. The molecule has 0 unspecified atom stereocenters. The van der Waals surface area contributed by atoms with Gasteiger partial charge < -0.3 is 10.2 Å². The number of piperidine rings is 1. The molecule has 0 aromatic heterocycles. The van der Waals surface area contributed by atoms with E-state index in [0.29, 0.717) is 6.42 Å². The van der Waals surface area contributed by atoms with Gasteiger partial charge in [-0.3, -0.25) is 9.59 Å². The fourth-order valence-electron chi connectivity index (χ4n) is 2.82. The van der Waals surface area contributed by atoms with E-state index in [4.69, 9.17) is 0 Å². The highest BCUT2D eigenvalue weighted by atomic mass is 16.2. The van der Waals surface area contributed by atoms with E-state index < -0.39 is 6.04 Å². The van der Waals surface area contributed by atoms with Crippen molar-refractivity contribution in [3.05, 3.63) is 35.9 Å². The molecule has 1 N–H and O–H groups in total. The number of rotatable bonds is 5. The molecule has 1 aliphatic heterocycles. The third-order valence-electron chi connectivity index (χ3n) is 3.95. The van der Waals surface area contributed by atoms with E-state index in [1.807, 2.05) is 49.1 Å². The van der Waals surface area contributed by atoms with Gasteiger partial charge in [-0.1, -0.05) is 44.2 Å². The molecular weight excluding hydrogens is 276 g/mol. The third-order valence-corrected chi connectivity index (χ3v) is 3.95. The summed E-state index contributed by atoms with van der Waals surface area (Å²) in [7, 11) is 0. The predicted octanol–water partition coefficient (Wildman–Crippen LogP) is 2.90. The second-order valence-corrected chi connectivity index (χ2v) is 6.40. The van der Waals surface area contributed by atoms with Gasteiger partial charge >= 0.3 is 0 Å². The molecule has 1 atom stereocenters. The van der Waals surface area contributed by atoms with Crippen molar-refractivity contribution in [3.8, 4) is 0 Å². The minimum absolute atomic E-state index is 0.0167. The number of likely N-dealkylation sites (tertiary alicyclic amines) is 1. The van der Waals surface area contributed by atoms with Gasteiger partial charge in [-0.2, -0.15) is 0 Å². The maximum atomic E-state index is 12.8.